The van der Waals surface area contributed by atoms with Gasteiger partial charge in [0, 0.05) is 0 Å². The molecule has 0 bridgehead atoms. The van der Waals surface area contributed by atoms with Gasteiger partial charge in [0.2, 0.25) is 0 Å². The van der Waals surface area contributed by atoms with Gasteiger partial charge in [-0.25, -0.2) is 0 Å². The first-order valence-corrected chi connectivity index (χ1v) is 8.94. The third kappa shape index (κ3) is 13.5. The number of alkyl halides is 3. The Morgan fingerprint density at radius 2 is 1.46 bits per heavy atom. The van der Waals surface area contributed by atoms with Gasteiger partial charge in [-0.05, 0) is 45.4 Å². The fourth-order valence-electron chi connectivity index (χ4n) is 1.96. The Morgan fingerprint density at radius 3 is 2.00 bits per heavy atom. The number of nitrogens with one attached hydrogen (secondary N) is 1. The molecule has 0 spiro atoms. The lowest BCUT2D eigenvalue weighted by atomic mass is 10.1. The van der Waals surface area contributed by atoms with E-state index in [1.54, 1.807) is 11.4 Å². The Kier molecular flexibility index (Phi) is 13.4. The van der Waals surface area contributed by atoms with Crippen LogP contribution in [0.1, 0.15) is 52.4 Å². The summed E-state index contributed by atoms with van der Waals surface area (Å²) in [5, 5.41) is 11.5. The second-order valence-corrected chi connectivity index (χ2v) is 5.91. The van der Waals surface area contributed by atoms with Crippen molar-refractivity contribution in [2.45, 2.75) is 70.7 Å². The fraction of sp³-hybridized carbons (Fsp3) is 0.550. The number of hydrogen-bond acceptors (Lipinski definition) is 2. The van der Waals surface area contributed by atoms with Gasteiger partial charge in [0.05, 0.1) is 12.1 Å². The van der Waals surface area contributed by atoms with Crippen LogP contribution in [0.3, 0.4) is 0 Å². The predicted molar refractivity (Wildman–Crippen MR) is 99.6 cm³/mol. The Bertz CT molecular complexity index is 494. The highest BCUT2D eigenvalue weighted by molar-refractivity contribution is 5.81. The van der Waals surface area contributed by atoms with Gasteiger partial charge in [0.15, 0.2) is 0 Å². The first-order valence-electron chi connectivity index (χ1n) is 8.94. The molecule has 0 aromatic carbocycles. The second kappa shape index (κ2) is 14.4. The molecule has 0 fully saturated rings. The van der Waals surface area contributed by atoms with Gasteiger partial charge in [-0.15, -0.1) is 0 Å². The zero-order valence-electron chi connectivity index (χ0n) is 15.5. The van der Waals surface area contributed by atoms with Crippen LogP contribution in [0.15, 0.2) is 48.6 Å². The van der Waals surface area contributed by atoms with Crippen molar-refractivity contribution in [1.29, 1.82) is 0 Å². The van der Waals surface area contributed by atoms with Crippen LogP contribution in [0.5, 0.6) is 0 Å². The van der Waals surface area contributed by atoms with Crippen molar-refractivity contribution in [3.8, 4) is 0 Å². The molecule has 3 nitrogen and oxygen atoms in total. The topological polar surface area (TPSA) is 49.3 Å². The largest absolute Gasteiger partial charge is 0.471 e. The zero-order chi connectivity index (χ0) is 19.8. The molecule has 0 aromatic heterocycles. The van der Waals surface area contributed by atoms with Gasteiger partial charge < -0.3 is 10.4 Å². The molecule has 0 saturated heterocycles. The standard InChI is InChI=1S/C20H30F3NO2/c1-3-4-5-6-7-8-9-10-11-12-13-14-15-16-18(25)17(2)24-19(26)20(21,22)23/h4-5,7-8,10-11,14-15,17-18,25H,3,6,9,12-13,16H2,1-2H3,(H,24,26)/b5-4+,8-7+,11-10+,15-14+/t17-,18+/m1/s1. The molecule has 0 heterocycles. The Labute approximate surface area is 154 Å². The quantitative estimate of drug-likeness (QED) is 0.374. The van der Waals surface area contributed by atoms with Gasteiger partial charge in [-0.2, -0.15) is 13.2 Å². The summed E-state index contributed by atoms with van der Waals surface area (Å²) in [5.41, 5.74) is 0. The molecule has 0 aliphatic heterocycles. The monoisotopic (exact) mass is 373 g/mol. The van der Waals surface area contributed by atoms with Gasteiger partial charge >= 0.3 is 12.1 Å². The van der Waals surface area contributed by atoms with Crippen molar-refractivity contribution in [3.05, 3.63) is 48.6 Å². The summed E-state index contributed by atoms with van der Waals surface area (Å²) in [5.74, 6) is -2.03. The average molecular weight is 373 g/mol. The summed E-state index contributed by atoms with van der Waals surface area (Å²) in [7, 11) is 0. The Morgan fingerprint density at radius 1 is 0.962 bits per heavy atom. The van der Waals surface area contributed by atoms with Crippen LogP contribution in [-0.4, -0.2) is 29.3 Å². The van der Waals surface area contributed by atoms with Crippen molar-refractivity contribution in [1.82, 2.24) is 5.32 Å². The normalized spacial score (nSPS) is 15.5. The molecule has 26 heavy (non-hydrogen) atoms. The maximum absolute atomic E-state index is 12.1. The van der Waals surface area contributed by atoms with Gasteiger partial charge in [-0.3, -0.25) is 4.79 Å². The van der Waals surface area contributed by atoms with Crippen LogP contribution in [0, 0.1) is 0 Å². The van der Waals surface area contributed by atoms with E-state index >= 15 is 0 Å². The summed E-state index contributed by atoms with van der Waals surface area (Å²) < 4.78 is 36.4. The predicted octanol–water partition coefficient (Wildman–Crippen LogP) is 5.00. The summed E-state index contributed by atoms with van der Waals surface area (Å²) in [6.07, 6.45) is 15.0. The van der Waals surface area contributed by atoms with E-state index in [1.807, 2.05) is 6.08 Å². The lowest BCUT2D eigenvalue weighted by molar-refractivity contribution is -0.175. The Hall–Kier alpha value is -1.82. The van der Waals surface area contributed by atoms with E-state index in [4.69, 9.17) is 0 Å². The number of aliphatic hydroxyl groups is 1. The number of halogens is 3. The van der Waals surface area contributed by atoms with Crippen LogP contribution < -0.4 is 5.32 Å². The van der Waals surface area contributed by atoms with Gasteiger partial charge in [0.1, 0.15) is 0 Å². The second-order valence-electron chi connectivity index (χ2n) is 5.91. The van der Waals surface area contributed by atoms with Crippen molar-refractivity contribution < 1.29 is 23.1 Å². The molecule has 0 aromatic rings. The van der Waals surface area contributed by atoms with E-state index in [9.17, 15) is 23.1 Å². The van der Waals surface area contributed by atoms with E-state index < -0.39 is 24.2 Å². The molecule has 148 valence electrons. The molecular weight excluding hydrogens is 343 g/mol. The number of carbonyl (C=O) groups excluding carboxylic acids is 1. The molecule has 2 N–H and O–H groups in total. The van der Waals surface area contributed by atoms with Gasteiger partial charge in [-0.1, -0.05) is 55.5 Å². The Balaban J connectivity index is 3.84. The minimum Gasteiger partial charge on any atom is -0.391 e. The third-order valence-electron chi connectivity index (χ3n) is 3.52. The molecule has 0 rings (SSSR count). The van der Waals surface area contributed by atoms with Crippen LogP contribution in [0.2, 0.25) is 0 Å². The molecule has 0 aliphatic rings. The highest BCUT2D eigenvalue weighted by Gasteiger charge is 2.39. The summed E-state index contributed by atoms with van der Waals surface area (Å²) >= 11 is 0. The number of aliphatic hydroxyl groups excluding tert-OH is 1. The van der Waals surface area contributed by atoms with Crippen LogP contribution in [-0.2, 0) is 4.79 Å². The fourth-order valence-corrected chi connectivity index (χ4v) is 1.96. The van der Waals surface area contributed by atoms with E-state index in [-0.39, 0.29) is 6.42 Å². The highest BCUT2D eigenvalue weighted by Crippen LogP contribution is 2.15. The van der Waals surface area contributed by atoms with Crippen molar-refractivity contribution in [2.75, 3.05) is 0 Å². The highest BCUT2D eigenvalue weighted by atomic mass is 19.4. The number of unbranched alkanes of at least 4 members (excludes halogenated alkanes) is 1. The molecule has 0 saturated carbocycles. The smallest absolute Gasteiger partial charge is 0.391 e. The molecule has 1 amide bonds. The number of carbonyl (C=O) groups is 1. The minimum absolute atomic E-state index is 0.192. The maximum Gasteiger partial charge on any atom is 0.471 e. The number of hydrogen-bond donors (Lipinski definition) is 2. The first kappa shape index (κ1) is 24.2. The van der Waals surface area contributed by atoms with Gasteiger partial charge in [0.25, 0.3) is 0 Å². The van der Waals surface area contributed by atoms with E-state index in [2.05, 4.69) is 43.4 Å². The molecule has 0 unspecified atom stereocenters. The summed E-state index contributed by atoms with van der Waals surface area (Å²) in [4.78, 5) is 10.8. The third-order valence-corrected chi connectivity index (χ3v) is 3.52. The molecular formula is C20H30F3NO2. The van der Waals surface area contributed by atoms with Crippen molar-refractivity contribution >= 4 is 5.91 Å². The lowest BCUT2D eigenvalue weighted by Crippen LogP contribution is -2.46. The lowest BCUT2D eigenvalue weighted by Gasteiger charge is -2.19. The average Bonchev–Trinajstić information content (AvgIpc) is 2.57. The number of rotatable bonds is 12. The molecule has 0 aliphatic carbocycles. The first-order chi connectivity index (χ1) is 12.3. The van der Waals surface area contributed by atoms with Crippen LogP contribution in [0.25, 0.3) is 0 Å². The van der Waals surface area contributed by atoms with Crippen molar-refractivity contribution in [3.63, 3.8) is 0 Å². The van der Waals surface area contributed by atoms with Crippen LogP contribution >= 0.6 is 0 Å². The zero-order valence-corrected chi connectivity index (χ0v) is 15.5. The number of amides is 1. The van der Waals surface area contributed by atoms with E-state index in [1.165, 1.54) is 6.92 Å². The van der Waals surface area contributed by atoms with E-state index in [0.717, 1.165) is 32.1 Å². The summed E-state index contributed by atoms with van der Waals surface area (Å²) in [6, 6.07) is -0.965. The molecule has 2 atom stereocenters. The maximum atomic E-state index is 12.1. The SMILES string of the molecule is CC/C=C/C/C=C/C/C=C/CC/C=C/C[C@H](O)[C@@H](C)NC(=O)C(F)(F)F. The van der Waals surface area contributed by atoms with Crippen LogP contribution in [0.4, 0.5) is 13.2 Å². The number of allylic oxidation sites excluding steroid dienone is 7. The van der Waals surface area contributed by atoms with E-state index in [0.29, 0.717) is 0 Å². The van der Waals surface area contributed by atoms with Crippen molar-refractivity contribution in [2.24, 2.45) is 0 Å². The summed E-state index contributed by atoms with van der Waals surface area (Å²) in [6.45, 7) is 3.45. The molecule has 0 radical (unpaired) electrons. The molecule has 6 heteroatoms. The minimum atomic E-state index is -4.93.